The summed E-state index contributed by atoms with van der Waals surface area (Å²) in [5, 5.41) is 0.552. The average Bonchev–Trinajstić information content (AvgIpc) is 3.44. The topological polar surface area (TPSA) is 79.2 Å². The quantitative estimate of drug-likeness (QED) is 0.534. The van der Waals surface area contributed by atoms with Crippen LogP contribution in [0.5, 0.6) is 0 Å². The molecule has 4 heterocycles. The third kappa shape index (κ3) is 3.08. The van der Waals surface area contributed by atoms with E-state index in [2.05, 4.69) is 25.9 Å². The Bertz CT molecular complexity index is 1280. The van der Waals surface area contributed by atoms with Crippen LogP contribution in [0.3, 0.4) is 0 Å². The van der Waals surface area contributed by atoms with Crippen molar-refractivity contribution in [3.05, 3.63) is 71.0 Å². The molecule has 0 atom stereocenters. The normalized spacial score (nSPS) is 14.2. The Hall–Kier alpha value is -3.74. The number of aliphatic imine (C=N–C) groups is 1. The minimum Gasteiger partial charge on any atom is -0.356 e. The first-order valence-corrected chi connectivity index (χ1v) is 10.1. The molecule has 1 fully saturated rings. The predicted octanol–water partition coefficient (Wildman–Crippen LogP) is 3.42. The van der Waals surface area contributed by atoms with Gasteiger partial charge in [0.15, 0.2) is 5.65 Å². The van der Waals surface area contributed by atoms with E-state index in [-0.39, 0.29) is 5.56 Å². The van der Waals surface area contributed by atoms with Crippen LogP contribution < -0.4 is 10.5 Å². The number of H-pyrrole nitrogens is 1. The lowest BCUT2D eigenvalue weighted by Gasteiger charge is -2.19. The molecule has 1 aliphatic heterocycles. The van der Waals surface area contributed by atoms with Crippen molar-refractivity contribution in [2.45, 2.75) is 12.8 Å². The molecule has 0 amide bonds. The van der Waals surface area contributed by atoms with Crippen LogP contribution in [0.1, 0.15) is 18.4 Å². The molecule has 0 spiro atoms. The average molecular weight is 398 g/mol. The van der Waals surface area contributed by atoms with Crippen molar-refractivity contribution in [3.8, 4) is 16.8 Å². The number of nitrogens with one attached hydrogen (secondary N) is 1. The van der Waals surface area contributed by atoms with Gasteiger partial charge in [-0.05, 0) is 31.0 Å². The number of hydrogen-bond donors (Lipinski definition) is 1. The molecular weight excluding hydrogens is 376 g/mol. The van der Waals surface area contributed by atoms with E-state index >= 15 is 0 Å². The molecule has 0 aliphatic carbocycles. The maximum atomic E-state index is 12.7. The number of nitrogens with zero attached hydrogens (tertiary/aromatic N) is 5. The van der Waals surface area contributed by atoms with Crippen LogP contribution in [-0.4, -0.2) is 45.9 Å². The van der Waals surface area contributed by atoms with Crippen molar-refractivity contribution in [1.82, 2.24) is 19.5 Å². The minimum atomic E-state index is -0.168. The van der Waals surface area contributed by atoms with Gasteiger partial charge in [0.05, 0.1) is 11.7 Å². The highest BCUT2D eigenvalue weighted by Crippen LogP contribution is 2.32. The summed E-state index contributed by atoms with van der Waals surface area (Å²) < 4.78 is 1.95. The van der Waals surface area contributed by atoms with Gasteiger partial charge in [-0.2, -0.15) is 0 Å². The summed E-state index contributed by atoms with van der Waals surface area (Å²) in [4.78, 5) is 31.2. The number of rotatable bonds is 4. The van der Waals surface area contributed by atoms with Crippen LogP contribution in [0.2, 0.25) is 0 Å². The highest BCUT2D eigenvalue weighted by molar-refractivity contribution is 5.96. The van der Waals surface area contributed by atoms with E-state index in [1.54, 1.807) is 7.05 Å². The molecule has 1 aliphatic rings. The Kier molecular flexibility index (Phi) is 4.63. The molecule has 7 nitrogen and oxygen atoms in total. The molecule has 0 saturated carbocycles. The van der Waals surface area contributed by atoms with Gasteiger partial charge >= 0.3 is 0 Å². The van der Waals surface area contributed by atoms with Crippen molar-refractivity contribution in [1.29, 1.82) is 0 Å². The third-order valence-electron chi connectivity index (χ3n) is 5.50. The fourth-order valence-electron chi connectivity index (χ4n) is 4.12. The molecule has 7 heteroatoms. The lowest BCUT2D eigenvalue weighted by atomic mass is 10.1. The molecule has 0 unspecified atom stereocenters. The largest absolute Gasteiger partial charge is 0.356 e. The van der Waals surface area contributed by atoms with Gasteiger partial charge in [0.25, 0.3) is 5.56 Å². The SMILES string of the molecule is C/N=C\c1cc(-c2cn(-c3ccccc3)c3nc[nH]c(=O)c23)cnc1N1CCCC1. The van der Waals surface area contributed by atoms with Gasteiger partial charge in [0, 0.05) is 61.1 Å². The van der Waals surface area contributed by atoms with E-state index in [1.165, 1.54) is 19.2 Å². The lowest BCUT2D eigenvalue weighted by Crippen LogP contribution is -2.20. The van der Waals surface area contributed by atoms with Gasteiger partial charge < -0.3 is 14.5 Å². The van der Waals surface area contributed by atoms with E-state index in [0.717, 1.165) is 41.3 Å². The first-order valence-electron chi connectivity index (χ1n) is 10.1. The van der Waals surface area contributed by atoms with Crippen LogP contribution in [0.15, 0.2) is 64.9 Å². The Labute approximate surface area is 173 Å². The Morgan fingerprint density at radius 2 is 1.93 bits per heavy atom. The fourth-order valence-corrected chi connectivity index (χ4v) is 4.12. The summed E-state index contributed by atoms with van der Waals surface area (Å²) in [6.07, 6.45) is 9.44. The second-order valence-electron chi connectivity index (χ2n) is 7.40. The number of benzene rings is 1. The first-order chi connectivity index (χ1) is 14.8. The van der Waals surface area contributed by atoms with Crippen LogP contribution in [0, 0.1) is 0 Å². The van der Waals surface area contributed by atoms with E-state index in [1.807, 2.05) is 53.5 Å². The van der Waals surface area contributed by atoms with Gasteiger partial charge in [-0.15, -0.1) is 0 Å². The summed E-state index contributed by atoms with van der Waals surface area (Å²) in [7, 11) is 1.76. The van der Waals surface area contributed by atoms with Gasteiger partial charge in [-0.25, -0.2) is 9.97 Å². The van der Waals surface area contributed by atoms with Crippen molar-refractivity contribution in [2.24, 2.45) is 4.99 Å². The molecule has 3 aromatic heterocycles. The zero-order valence-electron chi connectivity index (χ0n) is 16.7. The fraction of sp³-hybridized carbons (Fsp3) is 0.217. The number of pyridine rings is 1. The van der Waals surface area contributed by atoms with E-state index in [9.17, 15) is 4.79 Å². The second-order valence-corrected chi connectivity index (χ2v) is 7.40. The van der Waals surface area contributed by atoms with Crippen molar-refractivity contribution >= 4 is 23.1 Å². The standard InChI is InChI=1S/C23H22N6O/c1-24-12-17-11-16(13-25-21(17)28-9-5-6-10-28)19-14-29(18-7-3-2-4-8-18)22-20(19)23(30)27-15-26-22/h2-4,7-8,11-15H,5-6,9-10H2,1H3,(H,26,27,30)/b24-12-. The summed E-state index contributed by atoms with van der Waals surface area (Å²) in [5.74, 6) is 0.945. The van der Waals surface area contributed by atoms with Gasteiger partial charge in [-0.3, -0.25) is 9.79 Å². The van der Waals surface area contributed by atoms with E-state index < -0.39 is 0 Å². The molecule has 5 rings (SSSR count). The second kappa shape index (κ2) is 7.59. The van der Waals surface area contributed by atoms with Crippen LogP contribution in [0.4, 0.5) is 5.82 Å². The zero-order chi connectivity index (χ0) is 20.5. The summed E-state index contributed by atoms with van der Waals surface area (Å²) in [6, 6.07) is 12.0. The monoisotopic (exact) mass is 398 g/mol. The number of aromatic amines is 1. The maximum Gasteiger partial charge on any atom is 0.260 e. The number of fused-ring (bicyclic) bond motifs is 1. The Morgan fingerprint density at radius 3 is 2.70 bits per heavy atom. The van der Waals surface area contributed by atoms with Gasteiger partial charge in [-0.1, -0.05) is 18.2 Å². The van der Waals surface area contributed by atoms with E-state index in [0.29, 0.717) is 11.0 Å². The Balaban J connectivity index is 1.72. The number of aromatic nitrogens is 4. The smallest absolute Gasteiger partial charge is 0.260 e. The predicted molar refractivity (Wildman–Crippen MR) is 120 cm³/mol. The molecule has 1 aromatic carbocycles. The Morgan fingerprint density at radius 1 is 1.13 bits per heavy atom. The molecule has 1 N–H and O–H groups in total. The molecule has 4 aromatic rings. The summed E-state index contributed by atoms with van der Waals surface area (Å²) in [5.41, 5.74) is 4.02. The number of para-hydroxylation sites is 1. The van der Waals surface area contributed by atoms with Crippen LogP contribution >= 0.6 is 0 Å². The summed E-state index contributed by atoms with van der Waals surface area (Å²) in [6.45, 7) is 2.02. The molecule has 0 bridgehead atoms. The molecule has 30 heavy (non-hydrogen) atoms. The summed E-state index contributed by atoms with van der Waals surface area (Å²) >= 11 is 0. The first kappa shape index (κ1) is 18.3. The molecular formula is C23H22N6O. The van der Waals surface area contributed by atoms with Crippen LogP contribution in [-0.2, 0) is 0 Å². The van der Waals surface area contributed by atoms with Gasteiger partial charge in [0.2, 0.25) is 0 Å². The number of hydrogen-bond acceptors (Lipinski definition) is 5. The molecule has 0 radical (unpaired) electrons. The van der Waals surface area contributed by atoms with Crippen molar-refractivity contribution < 1.29 is 0 Å². The number of anilines is 1. The lowest BCUT2D eigenvalue weighted by molar-refractivity contribution is 0.936. The van der Waals surface area contributed by atoms with Gasteiger partial charge in [0.1, 0.15) is 5.82 Å². The minimum absolute atomic E-state index is 0.168. The third-order valence-corrected chi connectivity index (χ3v) is 5.50. The highest BCUT2D eigenvalue weighted by atomic mass is 16.1. The zero-order valence-corrected chi connectivity index (χ0v) is 16.7. The maximum absolute atomic E-state index is 12.7. The van der Waals surface area contributed by atoms with Crippen molar-refractivity contribution in [2.75, 3.05) is 25.0 Å². The van der Waals surface area contributed by atoms with Crippen LogP contribution in [0.25, 0.3) is 27.8 Å². The molecule has 1 saturated heterocycles. The van der Waals surface area contributed by atoms with Crippen molar-refractivity contribution in [3.63, 3.8) is 0 Å². The van der Waals surface area contributed by atoms with E-state index in [4.69, 9.17) is 4.98 Å². The highest BCUT2D eigenvalue weighted by Gasteiger charge is 2.20. The molecule has 150 valence electrons.